The molecule has 0 atom stereocenters. The fourth-order valence-corrected chi connectivity index (χ4v) is 3.91. The number of rotatable bonds is 5. The van der Waals surface area contributed by atoms with Crippen molar-refractivity contribution in [3.63, 3.8) is 0 Å². The van der Waals surface area contributed by atoms with Crippen LogP contribution in [0.4, 0.5) is 5.69 Å². The molecule has 0 bridgehead atoms. The maximum absolute atomic E-state index is 12.3. The van der Waals surface area contributed by atoms with Gasteiger partial charge in [0.05, 0.1) is 0 Å². The average molecular weight is 396 g/mol. The molecule has 1 amide bonds. The lowest BCUT2D eigenvalue weighted by molar-refractivity contribution is -0.122. The van der Waals surface area contributed by atoms with E-state index in [0.717, 1.165) is 43.2 Å². The zero-order valence-corrected chi connectivity index (χ0v) is 17.5. The minimum Gasteiger partial charge on any atom is -0.353 e. The van der Waals surface area contributed by atoms with E-state index in [1.165, 1.54) is 16.7 Å². The first-order valence-corrected chi connectivity index (χ1v) is 10.4. The molecule has 1 saturated heterocycles. The predicted octanol–water partition coefficient (Wildman–Crippen LogP) is 4.21. The van der Waals surface area contributed by atoms with Gasteiger partial charge in [0.1, 0.15) is 0 Å². The van der Waals surface area contributed by atoms with Crippen LogP contribution in [0.5, 0.6) is 0 Å². The second kappa shape index (κ2) is 9.69. The summed E-state index contributed by atoms with van der Waals surface area (Å²) in [6.45, 7) is 5.91. The predicted molar refractivity (Wildman–Crippen MR) is 120 cm³/mol. The van der Waals surface area contributed by atoms with Gasteiger partial charge in [0.2, 0.25) is 5.91 Å². The van der Waals surface area contributed by atoms with Gasteiger partial charge >= 0.3 is 0 Å². The van der Waals surface area contributed by atoms with Crippen molar-refractivity contribution in [3.8, 4) is 0 Å². The van der Waals surface area contributed by atoms with Crippen molar-refractivity contribution in [1.29, 1.82) is 0 Å². The first kappa shape index (κ1) is 20.3. The van der Waals surface area contributed by atoms with Crippen LogP contribution in [0.3, 0.4) is 0 Å². The van der Waals surface area contributed by atoms with Gasteiger partial charge in [-0.3, -0.25) is 4.79 Å². The number of amides is 1. The molecule has 28 heavy (non-hydrogen) atoms. The summed E-state index contributed by atoms with van der Waals surface area (Å²) in [4.78, 5) is 14.5. The summed E-state index contributed by atoms with van der Waals surface area (Å²) in [6.07, 6.45) is 3.17. The van der Waals surface area contributed by atoms with Crippen molar-refractivity contribution in [3.05, 3.63) is 65.2 Å². The van der Waals surface area contributed by atoms with Crippen molar-refractivity contribution in [2.45, 2.75) is 45.6 Å². The number of carbonyl (C=O) groups excluding carboxylic acids is 1. The van der Waals surface area contributed by atoms with Gasteiger partial charge in [-0.25, -0.2) is 0 Å². The number of hydrogen-bond donors (Lipinski definition) is 2. The summed E-state index contributed by atoms with van der Waals surface area (Å²) >= 11 is 5.62. The molecular formula is C23H29N3OS. The molecule has 5 heteroatoms. The third-order valence-electron chi connectivity index (χ3n) is 5.34. The van der Waals surface area contributed by atoms with E-state index in [4.69, 9.17) is 12.2 Å². The van der Waals surface area contributed by atoms with Crippen molar-refractivity contribution in [1.82, 2.24) is 10.2 Å². The second-order valence-corrected chi connectivity index (χ2v) is 7.90. The molecule has 4 nitrogen and oxygen atoms in total. The van der Waals surface area contributed by atoms with E-state index in [-0.39, 0.29) is 11.9 Å². The molecule has 0 aliphatic carbocycles. The van der Waals surface area contributed by atoms with Crippen LogP contribution in [0.2, 0.25) is 0 Å². The molecule has 1 fully saturated rings. The Bertz CT molecular complexity index is 794. The molecule has 0 radical (unpaired) electrons. The lowest BCUT2D eigenvalue weighted by Crippen LogP contribution is -2.47. The van der Waals surface area contributed by atoms with Crippen molar-refractivity contribution in [2.75, 3.05) is 18.4 Å². The van der Waals surface area contributed by atoms with E-state index in [9.17, 15) is 4.79 Å². The van der Waals surface area contributed by atoms with Crippen LogP contribution in [-0.2, 0) is 11.2 Å². The fourth-order valence-electron chi connectivity index (χ4n) is 3.63. The molecule has 3 rings (SSSR count). The van der Waals surface area contributed by atoms with Crippen molar-refractivity contribution in [2.24, 2.45) is 0 Å². The number of para-hydroxylation sites is 1. The lowest BCUT2D eigenvalue weighted by Gasteiger charge is -2.34. The maximum Gasteiger partial charge on any atom is 0.220 e. The number of aryl methyl sites for hydroxylation is 3. The van der Waals surface area contributed by atoms with Gasteiger partial charge in [-0.2, -0.15) is 0 Å². The Balaban J connectivity index is 1.42. The Morgan fingerprint density at radius 2 is 1.68 bits per heavy atom. The van der Waals surface area contributed by atoms with Gasteiger partial charge in [-0.05, 0) is 62.0 Å². The van der Waals surface area contributed by atoms with Crippen LogP contribution < -0.4 is 10.6 Å². The van der Waals surface area contributed by atoms with Crippen LogP contribution in [0.15, 0.2) is 48.5 Å². The normalized spacial score (nSPS) is 14.6. The molecule has 0 unspecified atom stereocenters. The number of likely N-dealkylation sites (tertiary alicyclic amines) is 1. The molecule has 0 saturated carbocycles. The number of benzene rings is 2. The van der Waals surface area contributed by atoms with Gasteiger partial charge in [0, 0.05) is 31.2 Å². The van der Waals surface area contributed by atoms with Gasteiger partial charge in [-0.15, -0.1) is 0 Å². The summed E-state index contributed by atoms with van der Waals surface area (Å²) < 4.78 is 0. The Kier molecular flexibility index (Phi) is 7.04. The largest absolute Gasteiger partial charge is 0.353 e. The number of thiocarbonyl (C=S) groups is 1. The molecule has 1 heterocycles. The number of piperidine rings is 1. The summed E-state index contributed by atoms with van der Waals surface area (Å²) in [5.41, 5.74) is 4.70. The quantitative estimate of drug-likeness (QED) is 0.744. The van der Waals surface area contributed by atoms with Gasteiger partial charge in [-0.1, -0.05) is 48.5 Å². The van der Waals surface area contributed by atoms with Crippen molar-refractivity contribution >= 4 is 28.9 Å². The van der Waals surface area contributed by atoms with E-state index >= 15 is 0 Å². The first-order valence-electron chi connectivity index (χ1n) is 9.98. The minimum absolute atomic E-state index is 0.138. The molecule has 1 aliphatic rings. The van der Waals surface area contributed by atoms with Crippen LogP contribution in [0.1, 0.15) is 36.0 Å². The van der Waals surface area contributed by atoms with Crippen molar-refractivity contribution < 1.29 is 4.79 Å². The topological polar surface area (TPSA) is 44.4 Å². The standard InChI is InChI=1S/C23H29N3OS/c1-17-7-6-8-18(2)22(17)25-23(28)26-15-13-20(14-16-26)24-21(27)12-11-19-9-4-3-5-10-19/h3-10,20H,11-16H2,1-2H3,(H,24,27)(H,25,28). The molecule has 148 valence electrons. The first-order chi connectivity index (χ1) is 13.5. The van der Waals surface area contributed by atoms with Gasteiger partial charge in [0.15, 0.2) is 5.11 Å². The summed E-state index contributed by atoms with van der Waals surface area (Å²) in [7, 11) is 0. The van der Waals surface area contributed by atoms with E-state index in [1.54, 1.807) is 0 Å². The smallest absolute Gasteiger partial charge is 0.220 e. The maximum atomic E-state index is 12.3. The van der Waals surface area contributed by atoms with Crippen LogP contribution in [-0.4, -0.2) is 35.1 Å². The Labute approximate surface area is 173 Å². The second-order valence-electron chi connectivity index (χ2n) is 7.51. The monoisotopic (exact) mass is 395 g/mol. The SMILES string of the molecule is Cc1cccc(C)c1NC(=S)N1CCC(NC(=O)CCc2ccccc2)CC1. The fraction of sp³-hybridized carbons (Fsp3) is 0.391. The molecule has 0 spiro atoms. The molecule has 2 aromatic carbocycles. The highest BCUT2D eigenvalue weighted by Gasteiger charge is 2.22. The summed E-state index contributed by atoms with van der Waals surface area (Å²) in [5, 5.41) is 7.37. The summed E-state index contributed by atoms with van der Waals surface area (Å²) in [6, 6.07) is 16.6. The third kappa shape index (κ3) is 5.55. The Morgan fingerprint density at radius 3 is 2.32 bits per heavy atom. The van der Waals surface area contributed by atoms with E-state index in [0.29, 0.717) is 6.42 Å². The highest BCUT2D eigenvalue weighted by atomic mass is 32.1. The van der Waals surface area contributed by atoms with E-state index in [1.807, 2.05) is 18.2 Å². The zero-order chi connectivity index (χ0) is 19.9. The molecule has 2 aromatic rings. The van der Waals surface area contributed by atoms with E-state index < -0.39 is 0 Å². The Morgan fingerprint density at radius 1 is 1.04 bits per heavy atom. The molecular weight excluding hydrogens is 366 g/mol. The highest BCUT2D eigenvalue weighted by molar-refractivity contribution is 7.80. The Hall–Kier alpha value is -2.40. The number of nitrogens with one attached hydrogen (secondary N) is 2. The van der Waals surface area contributed by atoms with Gasteiger partial charge in [0.25, 0.3) is 0 Å². The number of nitrogens with zero attached hydrogens (tertiary/aromatic N) is 1. The van der Waals surface area contributed by atoms with Crippen LogP contribution in [0.25, 0.3) is 0 Å². The third-order valence-corrected chi connectivity index (χ3v) is 5.70. The molecule has 0 aromatic heterocycles. The minimum atomic E-state index is 0.138. The average Bonchev–Trinajstić information content (AvgIpc) is 2.70. The summed E-state index contributed by atoms with van der Waals surface area (Å²) in [5.74, 6) is 0.138. The van der Waals surface area contributed by atoms with Crippen LogP contribution >= 0.6 is 12.2 Å². The highest BCUT2D eigenvalue weighted by Crippen LogP contribution is 2.21. The van der Waals surface area contributed by atoms with E-state index in [2.05, 4.69) is 59.7 Å². The zero-order valence-electron chi connectivity index (χ0n) is 16.7. The molecule has 2 N–H and O–H groups in total. The van der Waals surface area contributed by atoms with Crippen LogP contribution in [0, 0.1) is 13.8 Å². The number of carbonyl (C=O) groups is 1. The molecule has 1 aliphatic heterocycles. The number of hydrogen-bond acceptors (Lipinski definition) is 2. The lowest BCUT2D eigenvalue weighted by atomic mass is 10.0. The van der Waals surface area contributed by atoms with Gasteiger partial charge < -0.3 is 15.5 Å². The number of anilines is 1.